The van der Waals surface area contributed by atoms with Crippen LogP contribution < -0.4 is 10.1 Å². The van der Waals surface area contributed by atoms with Gasteiger partial charge in [-0.15, -0.1) is 11.3 Å². The van der Waals surface area contributed by atoms with Gasteiger partial charge in [0.1, 0.15) is 11.6 Å². The van der Waals surface area contributed by atoms with E-state index in [-0.39, 0.29) is 5.91 Å². The molecule has 2 aromatic heterocycles. The number of anilines is 1. The van der Waals surface area contributed by atoms with E-state index in [0.717, 1.165) is 22.7 Å². The van der Waals surface area contributed by atoms with E-state index in [1.54, 1.807) is 17.7 Å². The third-order valence-corrected chi connectivity index (χ3v) is 4.35. The van der Waals surface area contributed by atoms with Gasteiger partial charge in [0.15, 0.2) is 0 Å². The molecule has 0 aliphatic heterocycles. The predicted octanol–water partition coefficient (Wildman–Crippen LogP) is 4.22. The van der Waals surface area contributed by atoms with Gasteiger partial charge in [0.2, 0.25) is 11.0 Å². The molecule has 3 rings (SSSR count). The Morgan fingerprint density at radius 2 is 2.12 bits per heavy atom. The molecule has 6 nitrogen and oxygen atoms in total. The number of allylic oxidation sites excluding steroid dienone is 1. The molecule has 0 aliphatic rings. The van der Waals surface area contributed by atoms with Crippen molar-refractivity contribution >= 4 is 23.1 Å². The second-order valence-corrected chi connectivity index (χ2v) is 6.38. The van der Waals surface area contributed by atoms with E-state index in [1.807, 2.05) is 49.6 Å². The number of aromatic nitrogens is 3. The topological polar surface area (TPSA) is 69.0 Å². The van der Waals surface area contributed by atoms with Crippen LogP contribution in [-0.2, 0) is 4.79 Å². The Kier molecular flexibility index (Phi) is 5.48. The minimum atomic E-state index is -0.197. The number of hydrogen-bond acceptors (Lipinski definition) is 5. The van der Waals surface area contributed by atoms with Gasteiger partial charge in [0, 0.05) is 17.0 Å². The number of hydrogen-bond donors (Lipinski definition) is 1. The molecule has 0 unspecified atom stereocenters. The van der Waals surface area contributed by atoms with Crippen molar-refractivity contribution in [3.63, 3.8) is 0 Å². The van der Waals surface area contributed by atoms with E-state index in [2.05, 4.69) is 15.4 Å². The fraction of sp³-hybridized carbons (Fsp3) is 0.211. The van der Waals surface area contributed by atoms with Crippen LogP contribution in [-0.4, -0.2) is 27.3 Å². The van der Waals surface area contributed by atoms with E-state index in [1.165, 1.54) is 17.4 Å². The number of thiazole rings is 1. The van der Waals surface area contributed by atoms with E-state index in [9.17, 15) is 4.79 Å². The normalized spacial score (nSPS) is 11.0. The number of aryl methyl sites for hydroxylation is 1. The largest absolute Gasteiger partial charge is 0.494 e. The Morgan fingerprint density at radius 1 is 1.35 bits per heavy atom. The first-order valence-electron chi connectivity index (χ1n) is 8.30. The van der Waals surface area contributed by atoms with Gasteiger partial charge >= 0.3 is 0 Å². The average molecular weight is 368 g/mol. The summed E-state index contributed by atoms with van der Waals surface area (Å²) in [5.74, 6) is 1.23. The van der Waals surface area contributed by atoms with Gasteiger partial charge in [-0.1, -0.05) is 6.08 Å². The number of nitrogens with zero attached hydrogens (tertiary/aromatic N) is 3. The highest BCUT2D eigenvalue weighted by Gasteiger charge is 2.13. The Labute approximate surface area is 156 Å². The van der Waals surface area contributed by atoms with Gasteiger partial charge < -0.3 is 10.1 Å². The van der Waals surface area contributed by atoms with Crippen molar-refractivity contribution in [3.05, 3.63) is 53.6 Å². The molecule has 0 spiro atoms. The van der Waals surface area contributed by atoms with Crippen LogP contribution in [0.1, 0.15) is 19.5 Å². The lowest BCUT2D eigenvalue weighted by Crippen LogP contribution is -2.12. The Balaban J connectivity index is 1.87. The predicted molar refractivity (Wildman–Crippen MR) is 104 cm³/mol. The molecule has 7 heteroatoms. The fourth-order valence-electron chi connectivity index (χ4n) is 2.44. The lowest BCUT2D eigenvalue weighted by atomic mass is 10.2. The molecular formula is C19H20N4O2S. The van der Waals surface area contributed by atoms with Crippen molar-refractivity contribution in [1.82, 2.24) is 14.8 Å². The Bertz CT molecular complexity index is 925. The second-order valence-electron chi connectivity index (χ2n) is 5.54. The zero-order valence-electron chi connectivity index (χ0n) is 14.9. The van der Waals surface area contributed by atoms with Crippen molar-refractivity contribution in [2.24, 2.45) is 0 Å². The average Bonchev–Trinajstić information content (AvgIpc) is 3.23. The first-order valence-corrected chi connectivity index (χ1v) is 9.18. The number of carbonyl (C=O) groups is 1. The van der Waals surface area contributed by atoms with E-state index >= 15 is 0 Å². The van der Waals surface area contributed by atoms with Gasteiger partial charge in [-0.05, 0) is 51.1 Å². The van der Waals surface area contributed by atoms with Crippen LogP contribution >= 0.6 is 11.3 Å². The fourth-order valence-corrected chi connectivity index (χ4v) is 3.23. The molecule has 0 bridgehead atoms. The van der Waals surface area contributed by atoms with Crippen LogP contribution in [0.3, 0.4) is 0 Å². The van der Waals surface area contributed by atoms with Crippen molar-refractivity contribution in [2.45, 2.75) is 20.8 Å². The standard InChI is InChI=1S/C19H20N4O2S/c1-4-6-18(24)21-17-11-13(3)22-23(17)19-20-16(12-26-19)14-7-9-15(10-8-14)25-5-2/h4,6-12H,5H2,1-3H3,(H,21,24). The van der Waals surface area contributed by atoms with Crippen LogP contribution in [0, 0.1) is 6.92 Å². The highest BCUT2D eigenvalue weighted by Crippen LogP contribution is 2.27. The molecule has 1 N–H and O–H groups in total. The number of benzene rings is 1. The summed E-state index contributed by atoms with van der Waals surface area (Å²) in [5.41, 5.74) is 2.66. The van der Waals surface area contributed by atoms with Crippen LogP contribution in [0.2, 0.25) is 0 Å². The third-order valence-electron chi connectivity index (χ3n) is 3.54. The highest BCUT2D eigenvalue weighted by molar-refractivity contribution is 7.12. The van der Waals surface area contributed by atoms with Crippen molar-refractivity contribution in [3.8, 4) is 22.1 Å². The molecule has 3 aromatic rings. The molecule has 2 heterocycles. The molecule has 1 aromatic carbocycles. The molecule has 134 valence electrons. The maximum absolute atomic E-state index is 11.8. The first kappa shape index (κ1) is 17.9. The number of ether oxygens (including phenoxy) is 1. The van der Waals surface area contributed by atoms with Crippen LogP contribution in [0.5, 0.6) is 5.75 Å². The summed E-state index contributed by atoms with van der Waals surface area (Å²) in [6.45, 7) is 6.27. The second kappa shape index (κ2) is 7.97. The molecule has 1 amide bonds. The lowest BCUT2D eigenvalue weighted by molar-refractivity contribution is -0.111. The van der Waals surface area contributed by atoms with Crippen molar-refractivity contribution in [2.75, 3.05) is 11.9 Å². The van der Waals surface area contributed by atoms with Gasteiger partial charge in [0.25, 0.3) is 0 Å². The minimum Gasteiger partial charge on any atom is -0.494 e. The monoisotopic (exact) mass is 368 g/mol. The maximum Gasteiger partial charge on any atom is 0.249 e. The number of amides is 1. The van der Waals surface area contributed by atoms with Crippen LogP contribution in [0.4, 0.5) is 5.82 Å². The Morgan fingerprint density at radius 3 is 2.81 bits per heavy atom. The Hall–Kier alpha value is -2.93. The number of nitrogens with one attached hydrogen (secondary N) is 1. The third kappa shape index (κ3) is 4.00. The highest BCUT2D eigenvalue weighted by atomic mass is 32.1. The molecule has 0 saturated heterocycles. The summed E-state index contributed by atoms with van der Waals surface area (Å²) in [4.78, 5) is 16.5. The number of carbonyl (C=O) groups excluding carboxylic acids is 1. The summed E-state index contributed by atoms with van der Waals surface area (Å²) in [6.07, 6.45) is 3.16. The lowest BCUT2D eigenvalue weighted by Gasteiger charge is -2.04. The van der Waals surface area contributed by atoms with Gasteiger partial charge in [-0.3, -0.25) is 4.79 Å². The summed E-state index contributed by atoms with van der Waals surface area (Å²) in [5, 5.41) is 9.94. The maximum atomic E-state index is 11.8. The summed E-state index contributed by atoms with van der Waals surface area (Å²) in [6, 6.07) is 9.64. The van der Waals surface area contributed by atoms with Gasteiger partial charge in [-0.2, -0.15) is 9.78 Å². The van der Waals surface area contributed by atoms with Gasteiger partial charge in [0.05, 0.1) is 18.0 Å². The molecule has 0 aliphatic carbocycles. The molecule has 0 saturated carbocycles. The molecular weight excluding hydrogens is 348 g/mol. The molecule has 0 fully saturated rings. The summed E-state index contributed by atoms with van der Waals surface area (Å²) < 4.78 is 7.12. The van der Waals surface area contributed by atoms with Gasteiger partial charge in [-0.25, -0.2) is 4.98 Å². The quantitative estimate of drug-likeness (QED) is 0.662. The van der Waals surface area contributed by atoms with E-state index in [4.69, 9.17) is 4.74 Å². The van der Waals surface area contributed by atoms with Crippen molar-refractivity contribution in [1.29, 1.82) is 0 Å². The SMILES string of the molecule is CC=CC(=O)Nc1cc(C)nn1-c1nc(-c2ccc(OCC)cc2)cs1. The molecule has 0 radical (unpaired) electrons. The first-order chi connectivity index (χ1) is 12.6. The molecule has 0 atom stereocenters. The molecule has 26 heavy (non-hydrogen) atoms. The van der Waals surface area contributed by atoms with Crippen molar-refractivity contribution < 1.29 is 9.53 Å². The van der Waals surface area contributed by atoms with Crippen LogP contribution in [0.15, 0.2) is 47.9 Å². The zero-order valence-corrected chi connectivity index (χ0v) is 15.7. The van der Waals surface area contributed by atoms with Crippen LogP contribution in [0.25, 0.3) is 16.4 Å². The summed E-state index contributed by atoms with van der Waals surface area (Å²) >= 11 is 1.47. The smallest absolute Gasteiger partial charge is 0.249 e. The summed E-state index contributed by atoms with van der Waals surface area (Å²) in [7, 11) is 0. The van der Waals surface area contributed by atoms with E-state index < -0.39 is 0 Å². The van der Waals surface area contributed by atoms with E-state index in [0.29, 0.717) is 17.6 Å². The minimum absolute atomic E-state index is 0.197. The number of rotatable bonds is 6. The zero-order chi connectivity index (χ0) is 18.5.